The molecular formula is C18H18N4O4S. The highest BCUT2D eigenvalue weighted by atomic mass is 32.2. The summed E-state index contributed by atoms with van der Waals surface area (Å²) in [6, 6.07) is 13.2. The van der Waals surface area contributed by atoms with Crippen LogP contribution in [0.2, 0.25) is 0 Å². The lowest BCUT2D eigenvalue weighted by molar-refractivity contribution is 0.0949. The average Bonchev–Trinajstić information content (AvgIpc) is 3.12. The molecule has 1 aromatic heterocycles. The normalized spacial score (nSPS) is 11.3. The number of nitrogens with one attached hydrogen (secondary N) is 1. The molecule has 1 heterocycles. The van der Waals surface area contributed by atoms with Gasteiger partial charge in [0, 0.05) is 12.2 Å². The van der Waals surface area contributed by atoms with Gasteiger partial charge in [0.15, 0.2) is 5.69 Å². The molecule has 27 heavy (non-hydrogen) atoms. The lowest BCUT2D eigenvalue weighted by Gasteiger charge is -2.04. The van der Waals surface area contributed by atoms with Gasteiger partial charge in [-0.2, -0.15) is 0 Å². The molecule has 3 rings (SSSR count). The predicted molar refractivity (Wildman–Crippen MR) is 100 cm³/mol. The molecule has 0 atom stereocenters. The standard InChI is InChI=1S/C18H18N4O4S/c19-15-4-2-1-3-14(15)18-22-16(11-26-18)17(23)21-10-9-12-5-7-13(8-6-12)27(20,24)25/h1-8,11H,9-10,19H2,(H,21,23)(H2,20,24,25). The number of oxazole rings is 1. The maximum atomic E-state index is 12.2. The third-order valence-corrected chi connectivity index (χ3v) is 4.81. The fraction of sp³-hybridized carbons (Fsp3) is 0.111. The number of amides is 1. The average molecular weight is 386 g/mol. The Morgan fingerprint density at radius 3 is 2.48 bits per heavy atom. The second-order valence-electron chi connectivity index (χ2n) is 5.82. The van der Waals surface area contributed by atoms with Crippen molar-refractivity contribution in [2.75, 3.05) is 12.3 Å². The molecule has 0 unspecified atom stereocenters. The van der Waals surface area contributed by atoms with Gasteiger partial charge in [-0.1, -0.05) is 24.3 Å². The molecule has 8 nitrogen and oxygen atoms in total. The van der Waals surface area contributed by atoms with Gasteiger partial charge in [-0.05, 0) is 36.2 Å². The van der Waals surface area contributed by atoms with Gasteiger partial charge >= 0.3 is 0 Å². The van der Waals surface area contributed by atoms with E-state index in [1.54, 1.807) is 36.4 Å². The summed E-state index contributed by atoms with van der Waals surface area (Å²) in [4.78, 5) is 16.4. The van der Waals surface area contributed by atoms with E-state index in [0.29, 0.717) is 24.2 Å². The molecule has 9 heteroatoms. The number of carbonyl (C=O) groups excluding carboxylic acids is 1. The number of para-hydroxylation sites is 1. The first kappa shape index (κ1) is 18.6. The van der Waals surface area contributed by atoms with Gasteiger partial charge in [0.05, 0.1) is 10.5 Å². The molecule has 0 saturated carbocycles. The number of rotatable bonds is 6. The molecule has 3 aromatic rings. The molecule has 140 valence electrons. The first-order valence-electron chi connectivity index (χ1n) is 8.05. The highest BCUT2D eigenvalue weighted by Crippen LogP contribution is 2.24. The second kappa shape index (κ2) is 7.60. The largest absolute Gasteiger partial charge is 0.444 e. The summed E-state index contributed by atoms with van der Waals surface area (Å²) in [7, 11) is -3.71. The third-order valence-electron chi connectivity index (χ3n) is 3.88. The number of nitrogens with two attached hydrogens (primary N) is 2. The Morgan fingerprint density at radius 2 is 1.81 bits per heavy atom. The first-order chi connectivity index (χ1) is 12.8. The highest BCUT2D eigenvalue weighted by molar-refractivity contribution is 7.89. The van der Waals surface area contributed by atoms with Gasteiger partial charge in [-0.15, -0.1) is 0 Å². The first-order valence-corrected chi connectivity index (χ1v) is 9.59. The van der Waals surface area contributed by atoms with Crippen LogP contribution in [0.15, 0.2) is 64.1 Å². The molecule has 5 N–H and O–H groups in total. The Labute approximate surface area is 156 Å². The van der Waals surface area contributed by atoms with Crippen LogP contribution in [0, 0.1) is 0 Å². The minimum Gasteiger partial charge on any atom is -0.444 e. The Balaban J connectivity index is 1.58. The molecule has 0 aliphatic rings. The van der Waals surface area contributed by atoms with E-state index in [0.717, 1.165) is 5.56 Å². The summed E-state index contributed by atoms with van der Waals surface area (Å²) in [6.45, 7) is 0.350. The monoisotopic (exact) mass is 386 g/mol. The Morgan fingerprint density at radius 1 is 1.11 bits per heavy atom. The van der Waals surface area contributed by atoms with Crippen LogP contribution in [0.4, 0.5) is 5.69 Å². The van der Waals surface area contributed by atoms with E-state index in [4.69, 9.17) is 15.3 Å². The lowest BCUT2D eigenvalue weighted by Crippen LogP contribution is -2.26. The summed E-state index contributed by atoms with van der Waals surface area (Å²) < 4.78 is 27.8. The van der Waals surface area contributed by atoms with Crippen molar-refractivity contribution in [3.8, 4) is 11.5 Å². The zero-order valence-electron chi connectivity index (χ0n) is 14.3. The van der Waals surface area contributed by atoms with E-state index in [1.165, 1.54) is 18.4 Å². The maximum absolute atomic E-state index is 12.2. The fourth-order valence-electron chi connectivity index (χ4n) is 2.45. The smallest absolute Gasteiger partial charge is 0.273 e. The number of carbonyl (C=O) groups is 1. The number of aromatic nitrogens is 1. The maximum Gasteiger partial charge on any atom is 0.273 e. The van der Waals surface area contributed by atoms with Crippen molar-refractivity contribution >= 4 is 21.6 Å². The Kier molecular flexibility index (Phi) is 5.24. The zero-order chi connectivity index (χ0) is 19.4. The topological polar surface area (TPSA) is 141 Å². The highest BCUT2D eigenvalue weighted by Gasteiger charge is 2.14. The van der Waals surface area contributed by atoms with Gasteiger partial charge in [-0.3, -0.25) is 4.79 Å². The zero-order valence-corrected chi connectivity index (χ0v) is 15.1. The van der Waals surface area contributed by atoms with Crippen molar-refractivity contribution in [2.24, 2.45) is 5.14 Å². The van der Waals surface area contributed by atoms with Crippen molar-refractivity contribution < 1.29 is 17.6 Å². The van der Waals surface area contributed by atoms with E-state index in [1.807, 2.05) is 0 Å². The van der Waals surface area contributed by atoms with Crippen LogP contribution in [0.3, 0.4) is 0 Å². The van der Waals surface area contributed by atoms with Crippen LogP contribution < -0.4 is 16.2 Å². The van der Waals surface area contributed by atoms with Crippen molar-refractivity contribution in [3.63, 3.8) is 0 Å². The Hall–Kier alpha value is -3.17. The van der Waals surface area contributed by atoms with Crippen LogP contribution in [-0.2, 0) is 16.4 Å². The molecule has 0 fully saturated rings. The van der Waals surface area contributed by atoms with Gasteiger partial charge in [0.25, 0.3) is 5.91 Å². The predicted octanol–water partition coefficient (Wildman–Crippen LogP) is 1.54. The third kappa shape index (κ3) is 4.52. The second-order valence-corrected chi connectivity index (χ2v) is 7.38. The Bertz CT molecular complexity index is 1060. The number of primary sulfonamides is 1. The summed E-state index contributed by atoms with van der Waals surface area (Å²) >= 11 is 0. The summed E-state index contributed by atoms with van der Waals surface area (Å²) in [6.07, 6.45) is 1.80. The quantitative estimate of drug-likeness (QED) is 0.549. The summed E-state index contributed by atoms with van der Waals surface area (Å²) in [5.74, 6) is -0.0995. The van der Waals surface area contributed by atoms with Crippen molar-refractivity contribution in [3.05, 3.63) is 66.1 Å². The summed E-state index contributed by atoms with van der Waals surface area (Å²) in [5, 5.41) is 7.79. The van der Waals surface area contributed by atoms with Crippen LogP contribution in [0.25, 0.3) is 11.5 Å². The number of hydrogen-bond donors (Lipinski definition) is 3. The van der Waals surface area contributed by atoms with Crippen LogP contribution in [-0.4, -0.2) is 25.9 Å². The van der Waals surface area contributed by atoms with E-state index < -0.39 is 10.0 Å². The number of nitrogen functional groups attached to an aromatic ring is 1. The van der Waals surface area contributed by atoms with Gasteiger partial charge in [-0.25, -0.2) is 18.5 Å². The van der Waals surface area contributed by atoms with Crippen molar-refractivity contribution in [2.45, 2.75) is 11.3 Å². The van der Waals surface area contributed by atoms with Crippen LogP contribution in [0.1, 0.15) is 16.1 Å². The van der Waals surface area contributed by atoms with Crippen LogP contribution >= 0.6 is 0 Å². The molecule has 1 amide bonds. The van der Waals surface area contributed by atoms with Crippen molar-refractivity contribution in [1.82, 2.24) is 10.3 Å². The molecule has 0 spiro atoms. The number of hydrogen-bond acceptors (Lipinski definition) is 6. The number of sulfonamides is 1. The minimum atomic E-state index is -3.71. The van der Waals surface area contributed by atoms with Crippen molar-refractivity contribution in [1.29, 1.82) is 0 Å². The number of anilines is 1. The molecule has 0 saturated heterocycles. The molecule has 0 bridgehead atoms. The van der Waals surface area contributed by atoms with E-state index in [2.05, 4.69) is 10.3 Å². The summed E-state index contributed by atoms with van der Waals surface area (Å²) in [5.41, 5.74) is 8.01. The number of nitrogens with zero attached hydrogens (tertiary/aromatic N) is 1. The van der Waals surface area contributed by atoms with Crippen LogP contribution in [0.5, 0.6) is 0 Å². The van der Waals surface area contributed by atoms with E-state index >= 15 is 0 Å². The van der Waals surface area contributed by atoms with E-state index in [-0.39, 0.29) is 22.4 Å². The molecule has 0 aliphatic carbocycles. The SMILES string of the molecule is Nc1ccccc1-c1nc(C(=O)NCCc2ccc(S(N)(=O)=O)cc2)co1. The lowest BCUT2D eigenvalue weighted by atomic mass is 10.1. The molecule has 2 aromatic carbocycles. The van der Waals surface area contributed by atoms with Gasteiger partial charge in [0.2, 0.25) is 15.9 Å². The molecular weight excluding hydrogens is 368 g/mol. The van der Waals surface area contributed by atoms with Gasteiger partial charge < -0.3 is 15.5 Å². The fourth-order valence-corrected chi connectivity index (χ4v) is 2.97. The number of benzene rings is 2. The van der Waals surface area contributed by atoms with E-state index in [9.17, 15) is 13.2 Å². The minimum absolute atomic E-state index is 0.0468. The molecule has 0 aliphatic heterocycles. The van der Waals surface area contributed by atoms with Gasteiger partial charge in [0.1, 0.15) is 6.26 Å². The molecule has 0 radical (unpaired) electrons.